The van der Waals surface area contributed by atoms with Crippen molar-refractivity contribution in [3.05, 3.63) is 71.3 Å². The Kier molecular flexibility index (Phi) is 4.40. The normalized spacial score (nSPS) is 22.6. The standard InChI is InChI=1S/C20H25N/c1-3-19(16-9-5-4-6-10-16)21-20-14-13-15(2)17-11-7-8-12-18(17)20/h4-12,15,19-21H,3,13-14H2,1-2H3. The Morgan fingerprint density at radius 2 is 1.62 bits per heavy atom. The van der Waals surface area contributed by atoms with Crippen molar-refractivity contribution in [1.82, 2.24) is 5.32 Å². The number of rotatable bonds is 4. The van der Waals surface area contributed by atoms with Crippen LogP contribution >= 0.6 is 0 Å². The summed E-state index contributed by atoms with van der Waals surface area (Å²) >= 11 is 0. The number of benzene rings is 2. The molecule has 110 valence electrons. The van der Waals surface area contributed by atoms with Gasteiger partial charge < -0.3 is 5.32 Å². The maximum absolute atomic E-state index is 3.90. The SMILES string of the molecule is CCC(NC1CCC(C)c2ccccc21)c1ccccc1. The molecule has 0 saturated heterocycles. The largest absolute Gasteiger partial charge is 0.303 e. The summed E-state index contributed by atoms with van der Waals surface area (Å²) in [6.45, 7) is 4.62. The van der Waals surface area contributed by atoms with Crippen molar-refractivity contribution >= 4 is 0 Å². The van der Waals surface area contributed by atoms with Gasteiger partial charge in [-0.15, -0.1) is 0 Å². The first-order valence-electron chi connectivity index (χ1n) is 8.19. The van der Waals surface area contributed by atoms with E-state index in [0.717, 1.165) is 6.42 Å². The van der Waals surface area contributed by atoms with E-state index in [1.165, 1.54) is 29.5 Å². The molecule has 0 heterocycles. The Balaban J connectivity index is 1.83. The predicted molar refractivity (Wildman–Crippen MR) is 89.4 cm³/mol. The van der Waals surface area contributed by atoms with Crippen molar-refractivity contribution in [1.29, 1.82) is 0 Å². The molecule has 1 aliphatic rings. The summed E-state index contributed by atoms with van der Waals surface area (Å²) in [7, 11) is 0. The first-order chi connectivity index (χ1) is 10.3. The molecule has 1 nitrogen and oxygen atoms in total. The van der Waals surface area contributed by atoms with Crippen LogP contribution in [0.15, 0.2) is 54.6 Å². The smallest absolute Gasteiger partial charge is 0.0328 e. The van der Waals surface area contributed by atoms with Crippen LogP contribution in [0.1, 0.15) is 67.8 Å². The molecule has 0 aliphatic heterocycles. The lowest BCUT2D eigenvalue weighted by Gasteiger charge is -2.33. The molecule has 3 atom stereocenters. The first kappa shape index (κ1) is 14.3. The van der Waals surface area contributed by atoms with Crippen LogP contribution in [0.25, 0.3) is 0 Å². The van der Waals surface area contributed by atoms with E-state index in [1.807, 2.05) is 0 Å². The van der Waals surface area contributed by atoms with E-state index in [4.69, 9.17) is 0 Å². The molecule has 3 rings (SSSR count). The number of nitrogens with one attached hydrogen (secondary N) is 1. The van der Waals surface area contributed by atoms with E-state index in [0.29, 0.717) is 18.0 Å². The molecule has 0 fully saturated rings. The third kappa shape index (κ3) is 3.03. The highest BCUT2D eigenvalue weighted by molar-refractivity contribution is 5.35. The first-order valence-corrected chi connectivity index (χ1v) is 8.19. The Labute approximate surface area is 128 Å². The molecule has 0 saturated carbocycles. The second-order valence-corrected chi connectivity index (χ2v) is 6.20. The molecule has 1 N–H and O–H groups in total. The summed E-state index contributed by atoms with van der Waals surface area (Å²) in [5, 5.41) is 3.90. The minimum atomic E-state index is 0.442. The summed E-state index contributed by atoms with van der Waals surface area (Å²) in [5.41, 5.74) is 4.44. The second kappa shape index (κ2) is 6.44. The summed E-state index contributed by atoms with van der Waals surface area (Å²) in [6.07, 6.45) is 3.64. The van der Waals surface area contributed by atoms with Gasteiger partial charge in [0.2, 0.25) is 0 Å². The quantitative estimate of drug-likeness (QED) is 0.793. The fourth-order valence-corrected chi connectivity index (χ4v) is 3.56. The average molecular weight is 279 g/mol. The zero-order valence-electron chi connectivity index (χ0n) is 13.0. The van der Waals surface area contributed by atoms with Crippen LogP contribution in [-0.4, -0.2) is 0 Å². The van der Waals surface area contributed by atoms with Crippen LogP contribution in [0.4, 0.5) is 0 Å². The van der Waals surface area contributed by atoms with Gasteiger partial charge in [-0.2, -0.15) is 0 Å². The van der Waals surface area contributed by atoms with Crippen LogP contribution < -0.4 is 5.32 Å². The van der Waals surface area contributed by atoms with Crippen LogP contribution in [0, 0.1) is 0 Å². The molecule has 1 aliphatic carbocycles. The van der Waals surface area contributed by atoms with Crippen molar-refractivity contribution in [2.45, 2.75) is 51.1 Å². The van der Waals surface area contributed by atoms with Crippen molar-refractivity contribution in [2.75, 3.05) is 0 Å². The van der Waals surface area contributed by atoms with Crippen LogP contribution in [0.5, 0.6) is 0 Å². The van der Waals surface area contributed by atoms with Crippen molar-refractivity contribution < 1.29 is 0 Å². The van der Waals surface area contributed by atoms with Crippen LogP contribution in [0.3, 0.4) is 0 Å². The molecule has 3 unspecified atom stereocenters. The monoisotopic (exact) mass is 279 g/mol. The Bertz CT molecular complexity index is 575. The van der Waals surface area contributed by atoms with Gasteiger partial charge in [0, 0.05) is 12.1 Å². The summed E-state index contributed by atoms with van der Waals surface area (Å²) in [6, 6.07) is 20.7. The molecule has 0 bridgehead atoms. The van der Waals surface area contributed by atoms with E-state index in [-0.39, 0.29) is 0 Å². The fraction of sp³-hybridized carbons (Fsp3) is 0.400. The Hall–Kier alpha value is -1.60. The summed E-state index contributed by atoms with van der Waals surface area (Å²) in [5.74, 6) is 0.691. The van der Waals surface area contributed by atoms with E-state index in [1.54, 1.807) is 0 Å². The van der Waals surface area contributed by atoms with Crippen LogP contribution in [-0.2, 0) is 0 Å². The highest BCUT2D eigenvalue weighted by Gasteiger charge is 2.25. The van der Waals surface area contributed by atoms with Gasteiger partial charge in [-0.05, 0) is 41.9 Å². The van der Waals surface area contributed by atoms with E-state index < -0.39 is 0 Å². The fourth-order valence-electron chi connectivity index (χ4n) is 3.56. The van der Waals surface area contributed by atoms with Crippen molar-refractivity contribution in [2.24, 2.45) is 0 Å². The second-order valence-electron chi connectivity index (χ2n) is 6.20. The molecular formula is C20H25N. The van der Waals surface area contributed by atoms with Gasteiger partial charge in [-0.25, -0.2) is 0 Å². The third-order valence-electron chi connectivity index (χ3n) is 4.80. The van der Waals surface area contributed by atoms with Crippen molar-refractivity contribution in [3.8, 4) is 0 Å². The topological polar surface area (TPSA) is 12.0 Å². The molecule has 1 heteroatoms. The highest BCUT2D eigenvalue weighted by Crippen LogP contribution is 2.38. The molecule has 21 heavy (non-hydrogen) atoms. The summed E-state index contributed by atoms with van der Waals surface area (Å²) in [4.78, 5) is 0. The van der Waals surface area contributed by atoms with Gasteiger partial charge >= 0.3 is 0 Å². The lowest BCUT2D eigenvalue weighted by atomic mass is 9.80. The number of hydrogen-bond acceptors (Lipinski definition) is 1. The Morgan fingerprint density at radius 1 is 0.952 bits per heavy atom. The maximum Gasteiger partial charge on any atom is 0.0328 e. The van der Waals surface area contributed by atoms with E-state index in [9.17, 15) is 0 Å². The predicted octanol–water partition coefficient (Wildman–Crippen LogP) is 5.37. The van der Waals surface area contributed by atoms with Gasteiger partial charge in [0.25, 0.3) is 0 Å². The Morgan fingerprint density at radius 3 is 2.33 bits per heavy atom. The maximum atomic E-state index is 3.90. The zero-order valence-corrected chi connectivity index (χ0v) is 13.0. The number of fused-ring (bicyclic) bond motifs is 1. The molecule has 0 aromatic heterocycles. The lowest BCUT2D eigenvalue weighted by Crippen LogP contribution is -2.29. The summed E-state index contributed by atoms with van der Waals surface area (Å²) < 4.78 is 0. The highest BCUT2D eigenvalue weighted by atomic mass is 15.0. The van der Waals surface area contributed by atoms with Gasteiger partial charge in [0.15, 0.2) is 0 Å². The molecular weight excluding hydrogens is 254 g/mol. The van der Waals surface area contributed by atoms with Gasteiger partial charge in [-0.3, -0.25) is 0 Å². The van der Waals surface area contributed by atoms with E-state index >= 15 is 0 Å². The van der Waals surface area contributed by atoms with Crippen molar-refractivity contribution in [3.63, 3.8) is 0 Å². The third-order valence-corrected chi connectivity index (χ3v) is 4.80. The van der Waals surface area contributed by atoms with Gasteiger partial charge in [-0.1, -0.05) is 68.4 Å². The molecule has 0 spiro atoms. The molecule has 2 aromatic carbocycles. The number of hydrogen-bond donors (Lipinski definition) is 1. The van der Waals surface area contributed by atoms with Crippen LogP contribution in [0.2, 0.25) is 0 Å². The molecule has 0 amide bonds. The minimum Gasteiger partial charge on any atom is -0.303 e. The molecule has 2 aromatic rings. The average Bonchev–Trinajstić information content (AvgIpc) is 2.55. The zero-order chi connectivity index (χ0) is 14.7. The van der Waals surface area contributed by atoms with Gasteiger partial charge in [0.1, 0.15) is 0 Å². The minimum absolute atomic E-state index is 0.442. The molecule has 0 radical (unpaired) electrons. The van der Waals surface area contributed by atoms with E-state index in [2.05, 4.69) is 73.8 Å². The van der Waals surface area contributed by atoms with Gasteiger partial charge in [0.05, 0.1) is 0 Å². The lowest BCUT2D eigenvalue weighted by molar-refractivity contribution is 0.378.